The Morgan fingerprint density at radius 2 is 1.76 bits per heavy atom. The Morgan fingerprint density at radius 1 is 0.897 bits per heavy atom. The third-order valence-electron chi connectivity index (χ3n) is 4.45. The van der Waals surface area contributed by atoms with Crippen molar-refractivity contribution in [2.24, 2.45) is 0 Å². The summed E-state index contributed by atoms with van der Waals surface area (Å²) in [6.45, 7) is 0. The summed E-state index contributed by atoms with van der Waals surface area (Å²) in [5.41, 5.74) is 3.47. The average Bonchev–Trinajstić information content (AvgIpc) is 3.45. The van der Waals surface area contributed by atoms with Gasteiger partial charge in [0.25, 0.3) is 5.91 Å². The van der Waals surface area contributed by atoms with Crippen molar-refractivity contribution in [3.63, 3.8) is 0 Å². The molecular weight excluding hydrogens is 368 g/mol. The molecule has 5 aromatic rings. The molecule has 0 saturated heterocycles. The van der Waals surface area contributed by atoms with Crippen molar-refractivity contribution in [1.82, 2.24) is 34.7 Å². The van der Waals surface area contributed by atoms with E-state index < -0.39 is 0 Å². The van der Waals surface area contributed by atoms with E-state index in [1.54, 1.807) is 36.8 Å². The fourth-order valence-electron chi connectivity index (χ4n) is 3.08. The molecule has 1 amide bonds. The molecule has 9 heteroatoms. The average molecular weight is 382 g/mol. The number of amides is 1. The summed E-state index contributed by atoms with van der Waals surface area (Å²) >= 11 is 0. The Bertz CT molecular complexity index is 1290. The Kier molecular flexibility index (Phi) is 4.02. The third-order valence-corrected chi connectivity index (χ3v) is 4.45. The number of benzene rings is 2. The van der Waals surface area contributed by atoms with Crippen LogP contribution in [-0.2, 0) is 0 Å². The minimum absolute atomic E-state index is 0.279. The number of carbonyl (C=O) groups excluding carboxylic acids is 1. The monoisotopic (exact) mass is 382 g/mol. The molecule has 0 spiro atoms. The molecule has 5 rings (SSSR count). The van der Waals surface area contributed by atoms with Crippen molar-refractivity contribution in [2.75, 3.05) is 5.32 Å². The van der Waals surface area contributed by atoms with Gasteiger partial charge in [0.15, 0.2) is 0 Å². The second-order valence-corrected chi connectivity index (χ2v) is 6.23. The Morgan fingerprint density at radius 3 is 2.59 bits per heavy atom. The van der Waals surface area contributed by atoms with E-state index in [2.05, 4.69) is 30.8 Å². The fourth-order valence-corrected chi connectivity index (χ4v) is 3.08. The number of imidazole rings is 1. The van der Waals surface area contributed by atoms with Crippen LogP contribution in [0.25, 0.3) is 22.5 Å². The number of hydrogen-bond donors (Lipinski definition) is 1. The molecule has 29 heavy (non-hydrogen) atoms. The smallest absolute Gasteiger partial charge is 0.257 e. The Hall–Kier alpha value is -4.40. The van der Waals surface area contributed by atoms with Gasteiger partial charge in [0.2, 0.25) is 0 Å². The van der Waals surface area contributed by atoms with Crippen LogP contribution in [0, 0.1) is 0 Å². The molecule has 0 radical (unpaired) electrons. The highest BCUT2D eigenvalue weighted by Crippen LogP contribution is 2.19. The fraction of sp³-hybridized carbons (Fsp3) is 0. The first kappa shape index (κ1) is 16.8. The number of tetrazole rings is 1. The standard InChI is InChI=1S/C20H14N8O/c29-20(15-5-1-3-7-17(15)28-13-23-25-26-28)24-14-9-10-19(21-11-14)27-12-22-16-6-2-4-8-18(16)27/h1-13H,(H,24,29). The lowest BCUT2D eigenvalue weighted by atomic mass is 10.1. The summed E-state index contributed by atoms with van der Waals surface area (Å²) in [6.07, 6.45) is 4.78. The van der Waals surface area contributed by atoms with Gasteiger partial charge in [-0.2, -0.15) is 4.68 Å². The molecule has 0 unspecified atom stereocenters. The van der Waals surface area contributed by atoms with Gasteiger partial charge in [-0.05, 0) is 46.8 Å². The van der Waals surface area contributed by atoms with Crippen molar-refractivity contribution >= 4 is 22.6 Å². The number of nitrogens with zero attached hydrogens (tertiary/aromatic N) is 7. The van der Waals surface area contributed by atoms with Gasteiger partial charge >= 0.3 is 0 Å². The van der Waals surface area contributed by atoms with Gasteiger partial charge in [0.1, 0.15) is 18.5 Å². The number of nitrogens with one attached hydrogen (secondary N) is 1. The van der Waals surface area contributed by atoms with Crippen molar-refractivity contribution < 1.29 is 4.79 Å². The van der Waals surface area contributed by atoms with Crippen molar-refractivity contribution in [3.8, 4) is 11.5 Å². The highest BCUT2D eigenvalue weighted by Gasteiger charge is 2.14. The van der Waals surface area contributed by atoms with E-state index >= 15 is 0 Å². The number of aromatic nitrogens is 7. The lowest BCUT2D eigenvalue weighted by molar-refractivity contribution is 0.102. The topological polar surface area (TPSA) is 103 Å². The number of anilines is 1. The number of para-hydroxylation sites is 3. The SMILES string of the molecule is O=C(Nc1ccc(-n2cnc3ccccc32)nc1)c1ccccc1-n1cnnn1. The molecule has 3 aromatic heterocycles. The normalized spacial score (nSPS) is 10.9. The molecule has 0 aliphatic carbocycles. The summed E-state index contributed by atoms with van der Waals surface area (Å²) in [7, 11) is 0. The Labute approximate surface area is 164 Å². The molecule has 0 atom stereocenters. The van der Waals surface area contributed by atoms with Gasteiger partial charge in [-0.1, -0.05) is 24.3 Å². The summed E-state index contributed by atoms with van der Waals surface area (Å²) in [4.78, 5) is 21.6. The predicted octanol–water partition coefficient (Wildman–Crippen LogP) is 2.65. The van der Waals surface area contributed by atoms with Crippen LogP contribution in [0.5, 0.6) is 0 Å². The largest absolute Gasteiger partial charge is 0.321 e. The number of pyridine rings is 1. The van der Waals surface area contributed by atoms with Gasteiger partial charge in [-0.25, -0.2) is 9.97 Å². The van der Waals surface area contributed by atoms with Crippen LogP contribution in [0.3, 0.4) is 0 Å². The van der Waals surface area contributed by atoms with Gasteiger partial charge in [-0.3, -0.25) is 9.36 Å². The molecule has 140 valence electrons. The highest BCUT2D eigenvalue weighted by molar-refractivity contribution is 6.06. The molecule has 9 nitrogen and oxygen atoms in total. The van der Waals surface area contributed by atoms with E-state index in [9.17, 15) is 4.79 Å². The first-order valence-corrected chi connectivity index (χ1v) is 8.82. The molecule has 1 N–H and O–H groups in total. The lowest BCUT2D eigenvalue weighted by Crippen LogP contribution is -2.15. The number of hydrogen-bond acceptors (Lipinski definition) is 6. The van der Waals surface area contributed by atoms with Gasteiger partial charge in [-0.15, -0.1) is 5.10 Å². The van der Waals surface area contributed by atoms with Crippen LogP contribution in [-0.4, -0.2) is 40.6 Å². The van der Waals surface area contributed by atoms with Crippen molar-refractivity contribution in [1.29, 1.82) is 0 Å². The molecule has 0 aliphatic heterocycles. The van der Waals surface area contributed by atoms with Crippen LogP contribution in [0.2, 0.25) is 0 Å². The van der Waals surface area contributed by atoms with E-state index in [0.29, 0.717) is 22.8 Å². The zero-order chi connectivity index (χ0) is 19.6. The van der Waals surface area contributed by atoms with E-state index in [-0.39, 0.29) is 5.91 Å². The molecule has 0 aliphatic rings. The van der Waals surface area contributed by atoms with Crippen LogP contribution in [0.1, 0.15) is 10.4 Å². The minimum Gasteiger partial charge on any atom is -0.321 e. The first-order valence-electron chi connectivity index (χ1n) is 8.82. The van der Waals surface area contributed by atoms with Crippen LogP contribution >= 0.6 is 0 Å². The Balaban J connectivity index is 1.40. The van der Waals surface area contributed by atoms with Crippen LogP contribution in [0.4, 0.5) is 5.69 Å². The second kappa shape index (κ2) is 6.97. The van der Waals surface area contributed by atoms with Crippen molar-refractivity contribution in [2.45, 2.75) is 0 Å². The molecule has 0 fully saturated rings. The summed E-state index contributed by atoms with van der Waals surface area (Å²) < 4.78 is 3.34. The minimum atomic E-state index is -0.279. The summed E-state index contributed by atoms with van der Waals surface area (Å²) in [6, 6.07) is 18.6. The maximum absolute atomic E-state index is 12.8. The number of fused-ring (bicyclic) bond motifs is 1. The van der Waals surface area contributed by atoms with Crippen LogP contribution in [0.15, 0.2) is 79.5 Å². The zero-order valence-corrected chi connectivity index (χ0v) is 15.0. The molecule has 0 saturated carbocycles. The maximum atomic E-state index is 12.8. The lowest BCUT2D eigenvalue weighted by Gasteiger charge is -2.10. The zero-order valence-electron chi connectivity index (χ0n) is 15.0. The predicted molar refractivity (Wildman–Crippen MR) is 106 cm³/mol. The maximum Gasteiger partial charge on any atom is 0.257 e. The van der Waals surface area contributed by atoms with E-state index in [1.165, 1.54) is 11.0 Å². The van der Waals surface area contributed by atoms with E-state index in [1.807, 2.05) is 41.0 Å². The van der Waals surface area contributed by atoms with E-state index in [4.69, 9.17) is 0 Å². The van der Waals surface area contributed by atoms with Crippen molar-refractivity contribution in [3.05, 3.63) is 85.1 Å². The summed E-state index contributed by atoms with van der Waals surface area (Å²) in [5, 5.41) is 14.0. The molecule has 3 heterocycles. The van der Waals surface area contributed by atoms with Gasteiger partial charge in [0.05, 0.1) is 34.2 Å². The third kappa shape index (κ3) is 3.10. The number of carbonyl (C=O) groups is 1. The number of rotatable bonds is 4. The van der Waals surface area contributed by atoms with Gasteiger partial charge < -0.3 is 5.32 Å². The molecule has 2 aromatic carbocycles. The first-order chi connectivity index (χ1) is 14.3. The van der Waals surface area contributed by atoms with E-state index in [0.717, 1.165) is 11.0 Å². The van der Waals surface area contributed by atoms with Gasteiger partial charge in [0, 0.05) is 0 Å². The molecule has 0 bridgehead atoms. The van der Waals surface area contributed by atoms with Crippen LogP contribution < -0.4 is 5.32 Å². The molecular formula is C20H14N8O. The second-order valence-electron chi connectivity index (χ2n) is 6.23. The summed E-state index contributed by atoms with van der Waals surface area (Å²) in [5.74, 6) is 0.435. The highest BCUT2D eigenvalue weighted by atomic mass is 16.1. The quantitative estimate of drug-likeness (QED) is 0.512.